The number of likely N-dealkylation sites (N-methyl/N-ethyl adjacent to an activating group) is 1. The molecule has 0 amide bonds. The van der Waals surface area contributed by atoms with Crippen LogP contribution in [-0.4, -0.2) is 50.0 Å². The molecule has 1 atom stereocenters. The van der Waals surface area contributed by atoms with Gasteiger partial charge in [-0.15, -0.1) is 0 Å². The van der Waals surface area contributed by atoms with Crippen LogP contribution in [0.2, 0.25) is 0 Å². The lowest BCUT2D eigenvalue weighted by Gasteiger charge is -2.22. The maximum absolute atomic E-state index is 9.87. The van der Waals surface area contributed by atoms with E-state index in [9.17, 15) is 4.57 Å². The summed E-state index contributed by atoms with van der Waals surface area (Å²) in [4.78, 5) is 8.44. The Labute approximate surface area is 78.6 Å². The van der Waals surface area contributed by atoms with Gasteiger partial charge in [0, 0.05) is 0 Å². The minimum Gasteiger partial charge on any atom is -0.565 e. The minimum atomic E-state index is -2.08. The number of hydrogen-bond acceptors (Lipinski definition) is 4. The molecule has 0 aromatic carbocycles. The van der Waals surface area contributed by atoms with Gasteiger partial charge in [0.15, 0.2) is 8.69 Å². The van der Waals surface area contributed by atoms with Crippen molar-refractivity contribution in [1.29, 1.82) is 0 Å². The van der Waals surface area contributed by atoms with Crippen LogP contribution in [0.25, 0.3) is 0 Å². The van der Waals surface area contributed by atoms with E-state index in [1.54, 1.807) is 0 Å². The van der Waals surface area contributed by atoms with Gasteiger partial charge in [0.25, 0.3) is 0 Å². The normalized spacial score (nSPS) is 11.0. The van der Waals surface area contributed by atoms with Crippen molar-refractivity contribution in [3.63, 3.8) is 0 Å². The quantitative estimate of drug-likeness (QED) is 0.378. The number of hydrogen-bond donors (Lipinski definition) is 1. The van der Waals surface area contributed by atoms with Crippen LogP contribution in [0.3, 0.4) is 0 Å². The SMILES string of the molecule is C[N+](C)(C)CCO[PH2]=O.O=C([O-])O. The van der Waals surface area contributed by atoms with Crippen LogP contribution in [0.1, 0.15) is 0 Å². The summed E-state index contributed by atoms with van der Waals surface area (Å²) in [5, 5.41) is 15.3. The predicted octanol–water partition coefficient (Wildman–Crippen LogP) is -0.732. The number of carboxylic acid groups (broad SMARTS) is 2. The Kier molecular flexibility index (Phi) is 9.22. The van der Waals surface area contributed by atoms with Gasteiger partial charge in [0.2, 0.25) is 6.16 Å². The molecule has 80 valence electrons. The molecule has 0 aliphatic heterocycles. The van der Waals surface area contributed by atoms with E-state index in [-0.39, 0.29) is 0 Å². The van der Waals surface area contributed by atoms with Crippen LogP contribution >= 0.6 is 8.69 Å². The van der Waals surface area contributed by atoms with E-state index in [2.05, 4.69) is 21.1 Å². The van der Waals surface area contributed by atoms with E-state index in [4.69, 9.17) is 19.5 Å². The number of quaternary nitrogens is 1. The first kappa shape index (κ1) is 14.9. The van der Waals surface area contributed by atoms with Gasteiger partial charge in [-0.1, -0.05) is 0 Å². The van der Waals surface area contributed by atoms with Crippen LogP contribution in [0.15, 0.2) is 0 Å². The van der Waals surface area contributed by atoms with Crippen molar-refractivity contribution >= 4 is 14.8 Å². The Morgan fingerprint density at radius 2 is 1.92 bits per heavy atom. The fourth-order valence-electron chi connectivity index (χ4n) is 0.375. The van der Waals surface area contributed by atoms with Crippen LogP contribution in [0, 0.1) is 0 Å². The van der Waals surface area contributed by atoms with Gasteiger partial charge in [-0.05, 0) is 0 Å². The summed E-state index contributed by atoms with van der Waals surface area (Å²) in [6.07, 6.45) is -2.08. The van der Waals surface area contributed by atoms with Crippen molar-refractivity contribution in [3.05, 3.63) is 0 Å². The summed E-state index contributed by atoms with van der Waals surface area (Å²) in [6, 6.07) is 0. The molecular formula is C6H16NO5P. The molecule has 0 aromatic heterocycles. The van der Waals surface area contributed by atoms with Gasteiger partial charge in [-0.3, -0.25) is 4.57 Å². The Bertz CT molecular complexity index is 152. The summed E-state index contributed by atoms with van der Waals surface area (Å²) >= 11 is 0. The molecular weight excluding hydrogens is 197 g/mol. The fraction of sp³-hybridized carbons (Fsp3) is 0.833. The van der Waals surface area contributed by atoms with Crippen LogP contribution < -0.4 is 5.11 Å². The molecule has 0 bridgehead atoms. The molecule has 1 unspecified atom stereocenters. The predicted molar refractivity (Wildman–Crippen MR) is 47.3 cm³/mol. The second kappa shape index (κ2) is 8.04. The second-order valence-corrected chi connectivity index (χ2v) is 3.77. The summed E-state index contributed by atoms with van der Waals surface area (Å²) in [6.45, 7) is 1.51. The molecule has 0 spiro atoms. The van der Waals surface area contributed by atoms with E-state index in [0.29, 0.717) is 6.61 Å². The van der Waals surface area contributed by atoms with Crippen molar-refractivity contribution in [2.24, 2.45) is 0 Å². The summed E-state index contributed by atoms with van der Waals surface area (Å²) in [5.41, 5.74) is 0. The van der Waals surface area contributed by atoms with Crippen molar-refractivity contribution in [2.45, 2.75) is 0 Å². The topological polar surface area (TPSA) is 86.7 Å². The van der Waals surface area contributed by atoms with Gasteiger partial charge in [0.1, 0.15) is 13.2 Å². The summed E-state index contributed by atoms with van der Waals surface area (Å²) in [7, 11) is 5.20. The van der Waals surface area contributed by atoms with E-state index < -0.39 is 14.8 Å². The van der Waals surface area contributed by atoms with E-state index in [0.717, 1.165) is 11.0 Å². The first-order valence-corrected chi connectivity index (χ1v) is 4.49. The molecule has 0 aliphatic rings. The molecule has 13 heavy (non-hydrogen) atoms. The molecule has 1 N–H and O–H groups in total. The third-order valence-corrected chi connectivity index (χ3v) is 1.32. The van der Waals surface area contributed by atoms with Gasteiger partial charge in [-0.2, -0.15) is 0 Å². The third-order valence-electron chi connectivity index (χ3n) is 0.948. The first-order valence-electron chi connectivity index (χ1n) is 3.55. The molecule has 0 heterocycles. The standard InChI is InChI=1S/C5H15NO2P.CH2O3/c1-6(2,3)4-5-8-9-7;2-1(3)4/h4-5,9H2,1-3H3;(H2,2,3,4)/q+1;/p-1. The fourth-order valence-corrected chi connectivity index (χ4v) is 0.576. The number of nitrogens with zero attached hydrogens (tertiary/aromatic N) is 1. The number of rotatable bonds is 4. The zero-order valence-corrected chi connectivity index (χ0v) is 9.17. The summed E-state index contributed by atoms with van der Waals surface area (Å²) in [5.74, 6) is 0. The molecule has 0 radical (unpaired) electrons. The molecule has 0 aromatic rings. The molecule has 0 rings (SSSR count). The van der Waals surface area contributed by atoms with Gasteiger partial charge in [-0.25, -0.2) is 0 Å². The van der Waals surface area contributed by atoms with E-state index in [1.165, 1.54) is 0 Å². The summed E-state index contributed by atoms with van der Waals surface area (Å²) < 4.78 is 15.5. The van der Waals surface area contributed by atoms with Crippen LogP contribution in [0.4, 0.5) is 4.79 Å². The van der Waals surface area contributed by atoms with Crippen molar-refractivity contribution in [1.82, 2.24) is 0 Å². The Hall–Kier alpha value is -0.580. The smallest absolute Gasteiger partial charge is 0.249 e. The highest BCUT2D eigenvalue weighted by Crippen LogP contribution is 1.96. The second-order valence-electron chi connectivity index (χ2n) is 3.25. The maximum atomic E-state index is 9.87. The van der Waals surface area contributed by atoms with Gasteiger partial charge < -0.3 is 24.0 Å². The van der Waals surface area contributed by atoms with Crippen LogP contribution in [0.5, 0.6) is 0 Å². The monoisotopic (exact) mass is 213 g/mol. The lowest BCUT2D eigenvalue weighted by molar-refractivity contribution is -0.870. The van der Waals surface area contributed by atoms with Crippen molar-refractivity contribution in [2.75, 3.05) is 34.3 Å². The zero-order chi connectivity index (χ0) is 10.9. The van der Waals surface area contributed by atoms with Crippen molar-refractivity contribution < 1.29 is 28.6 Å². The highest BCUT2D eigenvalue weighted by molar-refractivity contribution is 7.17. The lowest BCUT2D eigenvalue weighted by atomic mass is 10.5. The number of carbonyl (C=O) groups is 1. The minimum absolute atomic E-state index is 0.600. The molecule has 0 fully saturated rings. The molecule has 0 saturated heterocycles. The molecule has 7 heteroatoms. The van der Waals surface area contributed by atoms with E-state index >= 15 is 0 Å². The largest absolute Gasteiger partial charge is 0.565 e. The molecule has 0 aliphatic carbocycles. The van der Waals surface area contributed by atoms with Crippen LogP contribution in [-0.2, 0) is 9.09 Å². The van der Waals surface area contributed by atoms with Gasteiger partial charge in [0.05, 0.1) is 21.1 Å². The Morgan fingerprint density at radius 3 is 2.15 bits per heavy atom. The first-order chi connectivity index (χ1) is 5.79. The Morgan fingerprint density at radius 1 is 1.54 bits per heavy atom. The Balaban J connectivity index is 0. The molecule has 0 saturated carbocycles. The average Bonchev–Trinajstić information content (AvgIpc) is 1.83. The highest BCUT2D eigenvalue weighted by atomic mass is 31.1. The third kappa shape index (κ3) is 34.5. The highest BCUT2D eigenvalue weighted by Gasteiger charge is 2.04. The zero-order valence-electron chi connectivity index (χ0n) is 8.02. The van der Waals surface area contributed by atoms with Crippen molar-refractivity contribution in [3.8, 4) is 0 Å². The lowest BCUT2D eigenvalue weighted by Crippen LogP contribution is -2.37. The average molecular weight is 213 g/mol. The molecule has 6 nitrogen and oxygen atoms in total. The van der Waals surface area contributed by atoms with Gasteiger partial charge >= 0.3 is 0 Å². The maximum Gasteiger partial charge on any atom is 0.249 e. The van der Waals surface area contributed by atoms with E-state index in [1.807, 2.05) is 0 Å².